The first-order valence-corrected chi connectivity index (χ1v) is 6.82. The third-order valence-electron chi connectivity index (χ3n) is 2.81. The van der Waals surface area contributed by atoms with Gasteiger partial charge in [0.25, 0.3) is 0 Å². The fourth-order valence-electron chi connectivity index (χ4n) is 1.77. The lowest BCUT2D eigenvalue weighted by atomic mass is 10.1. The highest BCUT2D eigenvalue weighted by molar-refractivity contribution is 7.09. The second-order valence-electron chi connectivity index (χ2n) is 4.21. The molecule has 100 valence electrons. The van der Waals surface area contributed by atoms with E-state index in [2.05, 4.69) is 10.3 Å². The Morgan fingerprint density at radius 3 is 2.68 bits per heavy atom. The van der Waals surface area contributed by atoms with Gasteiger partial charge in [-0.3, -0.25) is 0 Å². The molecular formula is C14H16N2O2S. The molecule has 0 fully saturated rings. The SMILES string of the molecule is COC(=O)C(Nc1ccccc1C)c1csc(C)n1. The minimum atomic E-state index is -0.573. The normalized spacial score (nSPS) is 11.9. The molecule has 2 rings (SSSR count). The zero-order chi connectivity index (χ0) is 13.8. The molecule has 0 bridgehead atoms. The van der Waals surface area contributed by atoms with Crippen molar-refractivity contribution in [2.45, 2.75) is 19.9 Å². The van der Waals surface area contributed by atoms with Crippen molar-refractivity contribution in [2.24, 2.45) is 0 Å². The van der Waals surface area contributed by atoms with Crippen LogP contribution in [-0.2, 0) is 9.53 Å². The van der Waals surface area contributed by atoms with E-state index in [4.69, 9.17) is 4.74 Å². The van der Waals surface area contributed by atoms with Gasteiger partial charge in [-0.15, -0.1) is 11.3 Å². The van der Waals surface area contributed by atoms with Crippen LogP contribution in [0.15, 0.2) is 29.6 Å². The standard InChI is InChI=1S/C14H16N2O2S/c1-9-6-4-5-7-11(9)16-13(14(17)18-3)12-8-19-10(2)15-12/h4-8,13,16H,1-3H3. The first-order valence-electron chi connectivity index (χ1n) is 5.94. The van der Waals surface area contributed by atoms with E-state index in [0.717, 1.165) is 16.3 Å². The maximum absolute atomic E-state index is 11.9. The maximum atomic E-state index is 11.9. The van der Waals surface area contributed by atoms with E-state index in [1.807, 2.05) is 43.5 Å². The summed E-state index contributed by atoms with van der Waals surface area (Å²) in [5.41, 5.74) is 2.67. The molecule has 19 heavy (non-hydrogen) atoms. The van der Waals surface area contributed by atoms with Crippen LogP contribution in [0.5, 0.6) is 0 Å². The fraction of sp³-hybridized carbons (Fsp3) is 0.286. The molecular weight excluding hydrogens is 260 g/mol. The van der Waals surface area contributed by atoms with Crippen LogP contribution >= 0.6 is 11.3 Å². The summed E-state index contributed by atoms with van der Waals surface area (Å²) in [5.74, 6) is -0.339. The number of esters is 1. The predicted octanol–water partition coefficient (Wildman–Crippen LogP) is 3.09. The highest BCUT2D eigenvalue weighted by Crippen LogP contribution is 2.24. The molecule has 1 atom stereocenters. The van der Waals surface area contributed by atoms with E-state index in [0.29, 0.717) is 5.69 Å². The van der Waals surface area contributed by atoms with Gasteiger partial charge in [-0.1, -0.05) is 18.2 Å². The van der Waals surface area contributed by atoms with Crippen molar-refractivity contribution in [1.29, 1.82) is 0 Å². The molecule has 5 heteroatoms. The number of anilines is 1. The van der Waals surface area contributed by atoms with Crippen LogP contribution in [0.3, 0.4) is 0 Å². The highest BCUT2D eigenvalue weighted by atomic mass is 32.1. The zero-order valence-electron chi connectivity index (χ0n) is 11.1. The fourth-order valence-corrected chi connectivity index (χ4v) is 2.41. The molecule has 0 saturated carbocycles. The second kappa shape index (κ2) is 5.84. The first-order chi connectivity index (χ1) is 9.11. The number of nitrogens with one attached hydrogen (secondary N) is 1. The lowest BCUT2D eigenvalue weighted by Gasteiger charge is -2.17. The van der Waals surface area contributed by atoms with E-state index in [9.17, 15) is 4.79 Å². The Balaban J connectivity index is 2.29. The molecule has 0 aliphatic carbocycles. The second-order valence-corrected chi connectivity index (χ2v) is 5.27. The lowest BCUT2D eigenvalue weighted by Crippen LogP contribution is -2.23. The van der Waals surface area contributed by atoms with Crippen LogP contribution in [0.2, 0.25) is 0 Å². The van der Waals surface area contributed by atoms with Crippen molar-refractivity contribution >= 4 is 23.0 Å². The number of methoxy groups -OCH3 is 1. The summed E-state index contributed by atoms with van der Waals surface area (Å²) < 4.78 is 4.85. The van der Waals surface area contributed by atoms with Crippen LogP contribution < -0.4 is 5.32 Å². The summed E-state index contributed by atoms with van der Waals surface area (Å²) in [6.45, 7) is 3.90. The number of carbonyl (C=O) groups is 1. The number of carbonyl (C=O) groups excluding carboxylic acids is 1. The van der Waals surface area contributed by atoms with Gasteiger partial charge in [0.1, 0.15) is 0 Å². The monoisotopic (exact) mass is 276 g/mol. The Kier molecular flexibility index (Phi) is 4.16. The molecule has 1 aromatic carbocycles. The highest BCUT2D eigenvalue weighted by Gasteiger charge is 2.24. The summed E-state index contributed by atoms with van der Waals surface area (Å²) in [7, 11) is 1.38. The van der Waals surface area contributed by atoms with Gasteiger partial charge in [0.2, 0.25) is 0 Å². The molecule has 0 aliphatic rings. The molecule has 0 amide bonds. The van der Waals surface area contributed by atoms with E-state index in [1.54, 1.807) is 0 Å². The summed E-state index contributed by atoms with van der Waals surface area (Å²) in [4.78, 5) is 16.3. The van der Waals surface area contributed by atoms with Gasteiger partial charge >= 0.3 is 5.97 Å². The van der Waals surface area contributed by atoms with E-state index in [-0.39, 0.29) is 5.97 Å². The van der Waals surface area contributed by atoms with Gasteiger partial charge in [-0.2, -0.15) is 0 Å². The number of rotatable bonds is 4. The summed E-state index contributed by atoms with van der Waals surface area (Å²) in [6, 6.07) is 7.24. The summed E-state index contributed by atoms with van der Waals surface area (Å²) in [5, 5.41) is 6.00. The molecule has 2 aromatic rings. The average Bonchev–Trinajstić information content (AvgIpc) is 2.83. The Morgan fingerprint density at radius 2 is 2.11 bits per heavy atom. The first kappa shape index (κ1) is 13.5. The van der Waals surface area contributed by atoms with Gasteiger partial charge in [0.05, 0.1) is 17.8 Å². The molecule has 0 spiro atoms. The number of nitrogens with zero attached hydrogens (tertiary/aromatic N) is 1. The third-order valence-corrected chi connectivity index (χ3v) is 3.61. The molecule has 0 aliphatic heterocycles. The van der Waals surface area contributed by atoms with Crippen molar-refractivity contribution in [2.75, 3.05) is 12.4 Å². The van der Waals surface area contributed by atoms with E-state index in [1.165, 1.54) is 18.4 Å². The average molecular weight is 276 g/mol. The number of para-hydroxylation sites is 1. The van der Waals surface area contributed by atoms with Gasteiger partial charge in [0, 0.05) is 11.1 Å². The Morgan fingerprint density at radius 1 is 1.37 bits per heavy atom. The Hall–Kier alpha value is -1.88. The number of hydrogen-bond donors (Lipinski definition) is 1. The van der Waals surface area contributed by atoms with Crippen LogP contribution in [0.4, 0.5) is 5.69 Å². The number of hydrogen-bond acceptors (Lipinski definition) is 5. The van der Waals surface area contributed by atoms with Crippen molar-refractivity contribution < 1.29 is 9.53 Å². The van der Waals surface area contributed by atoms with Crippen molar-refractivity contribution in [3.63, 3.8) is 0 Å². The van der Waals surface area contributed by atoms with Crippen LogP contribution in [0.25, 0.3) is 0 Å². The van der Waals surface area contributed by atoms with Crippen LogP contribution in [0, 0.1) is 13.8 Å². The van der Waals surface area contributed by atoms with Gasteiger partial charge < -0.3 is 10.1 Å². The topological polar surface area (TPSA) is 51.2 Å². The van der Waals surface area contributed by atoms with Gasteiger partial charge in [0.15, 0.2) is 6.04 Å². The van der Waals surface area contributed by atoms with Crippen molar-refractivity contribution in [1.82, 2.24) is 4.98 Å². The summed E-state index contributed by atoms with van der Waals surface area (Å²) >= 11 is 1.52. The largest absolute Gasteiger partial charge is 0.467 e. The number of thiazole rings is 1. The molecule has 1 unspecified atom stereocenters. The van der Waals surface area contributed by atoms with Crippen LogP contribution in [-0.4, -0.2) is 18.1 Å². The molecule has 1 heterocycles. The minimum Gasteiger partial charge on any atom is -0.467 e. The zero-order valence-corrected chi connectivity index (χ0v) is 12.0. The maximum Gasteiger partial charge on any atom is 0.334 e. The lowest BCUT2D eigenvalue weighted by molar-refractivity contribution is -0.141. The number of aromatic nitrogens is 1. The van der Waals surface area contributed by atoms with Crippen molar-refractivity contribution in [3.05, 3.63) is 45.9 Å². The molecule has 1 aromatic heterocycles. The predicted molar refractivity (Wildman–Crippen MR) is 76.4 cm³/mol. The number of aryl methyl sites for hydroxylation is 2. The Bertz CT molecular complexity index is 580. The van der Waals surface area contributed by atoms with Gasteiger partial charge in [-0.25, -0.2) is 9.78 Å². The van der Waals surface area contributed by atoms with E-state index >= 15 is 0 Å². The van der Waals surface area contributed by atoms with Gasteiger partial charge in [-0.05, 0) is 25.5 Å². The number of ether oxygens (including phenoxy) is 1. The third kappa shape index (κ3) is 3.12. The van der Waals surface area contributed by atoms with Crippen LogP contribution in [0.1, 0.15) is 22.3 Å². The quantitative estimate of drug-likeness (QED) is 0.872. The Labute approximate surface area is 116 Å². The molecule has 4 nitrogen and oxygen atoms in total. The minimum absolute atomic E-state index is 0.339. The molecule has 0 saturated heterocycles. The smallest absolute Gasteiger partial charge is 0.334 e. The summed E-state index contributed by atoms with van der Waals surface area (Å²) in [6.07, 6.45) is 0. The number of benzene rings is 1. The molecule has 1 N–H and O–H groups in total. The van der Waals surface area contributed by atoms with Crippen molar-refractivity contribution in [3.8, 4) is 0 Å². The molecule has 0 radical (unpaired) electrons. The van der Waals surface area contributed by atoms with E-state index < -0.39 is 6.04 Å².